The molecule has 274 valence electrons. The molecule has 0 radical (unpaired) electrons. The third kappa shape index (κ3) is 11.2. The highest BCUT2D eigenvalue weighted by Crippen LogP contribution is 2.33. The van der Waals surface area contributed by atoms with Crippen molar-refractivity contribution in [3.63, 3.8) is 0 Å². The van der Waals surface area contributed by atoms with Gasteiger partial charge in [0, 0.05) is 6.92 Å². The minimum absolute atomic E-state index is 0.0214. The van der Waals surface area contributed by atoms with Gasteiger partial charge in [-0.05, 0) is 45.4 Å². The number of carboxylic acid groups (broad SMARTS) is 1. The average molecular weight is 692 g/mol. The number of aliphatic hydroxyl groups is 4. The van der Waals surface area contributed by atoms with Gasteiger partial charge in [-0.1, -0.05) is 32.1 Å². The van der Waals surface area contributed by atoms with Crippen LogP contribution < -0.4 is 5.32 Å². The van der Waals surface area contributed by atoms with Gasteiger partial charge in [-0.3, -0.25) is 4.79 Å². The van der Waals surface area contributed by atoms with E-state index in [2.05, 4.69) is 5.32 Å². The van der Waals surface area contributed by atoms with Crippen LogP contribution >= 0.6 is 0 Å². The summed E-state index contributed by atoms with van der Waals surface area (Å²) in [7, 11) is 0. The molecule has 2 aliphatic heterocycles. The Kier molecular flexibility index (Phi) is 15.5. The van der Waals surface area contributed by atoms with E-state index in [1.807, 2.05) is 0 Å². The SMILES string of the molecule is CC(=O)NC1C(OC(C)CCCC(OC2OC(C)C(O)C(O)C2O)C(F)F)OC(C(F)F)C(O)C1OC(CC1CCCCC1)C(=O)O. The topological polar surface area (TPSA) is 193 Å². The van der Waals surface area contributed by atoms with Crippen LogP contribution in [0.1, 0.15) is 78.6 Å². The van der Waals surface area contributed by atoms with Crippen LogP contribution in [0.4, 0.5) is 17.6 Å². The Hall–Kier alpha value is -1.70. The maximum atomic E-state index is 14.0. The number of hydrogen-bond donors (Lipinski definition) is 6. The number of halogens is 4. The summed E-state index contributed by atoms with van der Waals surface area (Å²) >= 11 is 0. The molecule has 0 spiro atoms. The van der Waals surface area contributed by atoms with Crippen molar-refractivity contribution in [2.45, 2.75) is 171 Å². The van der Waals surface area contributed by atoms with Crippen molar-refractivity contribution in [3.05, 3.63) is 0 Å². The molecule has 1 saturated carbocycles. The summed E-state index contributed by atoms with van der Waals surface area (Å²) in [6.07, 6.45) is -21.0. The van der Waals surface area contributed by atoms with Gasteiger partial charge < -0.3 is 54.5 Å². The molecule has 1 aliphatic carbocycles. The molecule has 13 unspecified atom stereocenters. The Morgan fingerprint density at radius 3 is 2.11 bits per heavy atom. The lowest BCUT2D eigenvalue weighted by molar-refractivity contribution is -0.313. The van der Waals surface area contributed by atoms with E-state index in [0.717, 1.165) is 39.0 Å². The molecule has 0 aromatic carbocycles. The summed E-state index contributed by atoms with van der Waals surface area (Å²) in [4.78, 5) is 24.3. The molecule has 0 aromatic heterocycles. The van der Waals surface area contributed by atoms with E-state index in [1.165, 1.54) is 13.8 Å². The van der Waals surface area contributed by atoms with Crippen molar-refractivity contribution < 1.29 is 76.4 Å². The molecular formula is C30H49F4NO12. The Labute approximate surface area is 270 Å². The molecule has 3 fully saturated rings. The smallest absolute Gasteiger partial charge is 0.332 e. The number of alkyl halides is 4. The van der Waals surface area contributed by atoms with E-state index in [9.17, 15) is 52.7 Å². The van der Waals surface area contributed by atoms with Gasteiger partial charge in [0.1, 0.15) is 48.8 Å². The minimum Gasteiger partial charge on any atom is -0.479 e. The van der Waals surface area contributed by atoms with E-state index in [4.69, 9.17) is 23.7 Å². The van der Waals surface area contributed by atoms with Crippen LogP contribution in [-0.4, -0.2) is 130 Å². The van der Waals surface area contributed by atoms with Gasteiger partial charge in [0.15, 0.2) is 18.7 Å². The molecule has 13 atom stereocenters. The molecule has 0 aromatic rings. The second-order valence-corrected chi connectivity index (χ2v) is 12.8. The fraction of sp³-hybridized carbons (Fsp3) is 0.933. The van der Waals surface area contributed by atoms with E-state index in [1.54, 1.807) is 0 Å². The second-order valence-electron chi connectivity index (χ2n) is 12.8. The summed E-state index contributed by atoms with van der Waals surface area (Å²) in [6.45, 7) is 4.00. The zero-order valence-electron chi connectivity index (χ0n) is 26.7. The van der Waals surface area contributed by atoms with Gasteiger partial charge in [-0.25, -0.2) is 22.4 Å². The number of carbonyl (C=O) groups excluding carboxylic acids is 1. The normalized spacial score (nSPS) is 35.9. The molecule has 3 rings (SSSR count). The van der Waals surface area contributed by atoms with Gasteiger partial charge >= 0.3 is 5.97 Å². The lowest BCUT2D eigenvalue weighted by Gasteiger charge is -2.45. The standard InChI is InChI=1S/C30H49F4NO12/c1-13(8-7-11-17(26(31)32)46-30-22(39)21(38)20(37)14(2)44-30)43-29-19(35-15(3)36)24(23(40)25(47-29)27(33)34)45-18(28(41)42)12-16-9-5-4-6-10-16/h13-14,16-27,29-30,37-40H,4-12H2,1-3H3,(H,35,36)(H,41,42). The monoisotopic (exact) mass is 691 g/mol. The molecule has 47 heavy (non-hydrogen) atoms. The molecule has 13 nitrogen and oxygen atoms in total. The highest BCUT2D eigenvalue weighted by molar-refractivity contribution is 5.73. The maximum absolute atomic E-state index is 14.0. The number of carboxylic acids is 1. The van der Waals surface area contributed by atoms with Crippen LogP contribution in [0.2, 0.25) is 0 Å². The Morgan fingerprint density at radius 2 is 1.53 bits per heavy atom. The molecule has 2 heterocycles. The third-order valence-corrected chi connectivity index (χ3v) is 8.96. The van der Waals surface area contributed by atoms with Gasteiger partial charge in [-0.15, -0.1) is 0 Å². The van der Waals surface area contributed by atoms with Gasteiger partial charge in [0.2, 0.25) is 5.91 Å². The number of carbonyl (C=O) groups is 2. The number of amides is 1. The van der Waals surface area contributed by atoms with Crippen LogP contribution in [0.15, 0.2) is 0 Å². The number of aliphatic carboxylic acids is 1. The zero-order chi connectivity index (χ0) is 35.0. The first kappa shape index (κ1) is 39.7. The van der Waals surface area contributed by atoms with Crippen LogP contribution in [0.25, 0.3) is 0 Å². The summed E-state index contributed by atoms with van der Waals surface area (Å²) in [5.74, 6) is -1.99. The summed E-state index contributed by atoms with van der Waals surface area (Å²) in [5, 5.41) is 53.1. The first-order valence-corrected chi connectivity index (χ1v) is 16.2. The van der Waals surface area contributed by atoms with Crippen molar-refractivity contribution in [2.75, 3.05) is 0 Å². The maximum Gasteiger partial charge on any atom is 0.332 e. The average Bonchev–Trinajstić information content (AvgIpc) is 3.00. The molecule has 3 aliphatic rings. The third-order valence-electron chi connectivity index (χ3n) is 8.96. The van der Waals surface area contributed by atoms with Crippen LogP contribution in [0.3, 0.4) is 0 Å². The summed E-state index contributed by atoms with van der Waals surface area (Å²) in [5.41, 5.74) is 0. The summed E-state index contributed by atoms with van der Waals surface area (Å²) in [6, 6.07) is -1.40. The lowest BCUT2D eigenvalue weighted by Crippen LogP contribution is -2.67. The van der Waals surface area contributed by atoms with Crippen LogP contribution in [0.5, 0.6) is 0 Å². The molecule has 2 saturated heterocycles. The zero-order valence-corrected chi connectivity index (χ0v) is 26.7. The Bertz CT molecular complexity index is 979. The van der Waals surface area contributed by atoms with Crippen molar-refractivity contribution in [2.24, 2.45) is 5.92 Å². The first-order valence-electron chi connectivity index (χ1n) is 16.2. The number of nitrogens with one attached hydrogen (secondary N) is 1. The van der Waals surface area contributed by atoms with Crippen molar-refractivity contribution >= 4 is 11.9 Å². The van der Waals surface area contributed by atoms with E-state index < -0.39 is 104 Å². The van der Waals surface area contributed by atoms with E-state index >= 15 is 0 Å². The minimum atomic E-state index is -3.24. The van der Waals surface area contributed by atoms with Crippen molar-refractivity contribution in [1.82, 2.24) is 5.32 Å². The molecular weight excluding hydrogens is 642 g/mol. The molecule has 0 bridgehead atoms. The predicted molar refractivity (Wildman–Crippen MR) is 153 cm³/mol. The second kappa shape index (κ2) is 18.3. The van der Waals surface area contributed by atoms with E-state index in [0.29, 0.717) is 0 Å². The van der Waals surface area contributed by atoms with Crippen LogP contribution in [0, 0.1) is 5.92 Å². The van der Waals surface area contributed by atoms with Crippen molar-refractivity contribution in [3.8, 4) is 0 Å². The van der Waals surface area contributed by atoms with Gasteiger partial charge in [0.05, 0.1) is 12.2 Å². The highest BCUT2D eigenvalue weighted by Gasteiger charge is 2.52. The number of aliphatic hydroxyl groups excluding tert-OH is 4. The summed E-state index contributed by atoms with van der Waals surface area (Å²) < 4.78 is 83.2. The molecule has 17 heteroatoms. The van der Waals surface area contributed by atoms with Gasteiger partial charge in [-0.2, -0.15) is 0 Å². The van der Waals surface area contributed by atoms with Crippen LogP contribution in [-0.2, 0) is 33.3 Å². The number of hydrogen-bond acceptors (Lipinski definition) is 11. The Morgan fingerprint density at radius 1 is 0.872 bits per heavy atom. The molecule has 6 N–H and O–H groups in total. The lowest BCUT2D eigenvalue weighted by atomic mass is 9.85. The highest BCUT2D eigenvalue weighted by atomic mass is 19.3. The predicted octanol–water partition coefficient (Wildman–Crippen LogP) is 1.70. The number of ether oxygens (including phenoxy) is 5. The number of rotatable bonds is 16. The fourth-order valence-corrected chi connectivity index (χ4v) is 6.33. The van der Waals surface area contributed by atoms with Crippen molar-refractivity contribution in [1.29, 1.82) is 0 Å². The van der Waals surface area contributed by atoms with E-state index in [-0.39, 0.29) is 31.6 Å². The van der Waals surface area contributed by atoms with Gasteiger partial charge in [0.25, 0.3) is 12.9 Å². The Balaban J connectivity index is 1.68. The quantitative estimate of drug-likeness (QED) is 0.129. The largest absolute Gasteiger partial charge is 0.479 e. The first-order chi connectivity index (χ1) is 22.1. The fourth-order valence-electron chi connectivity index (χ4n) is 6.33. The molecule has 1 amide bonds.